The lowest BCUT2D eigenvalue weighted by Crippen LogP contribution is -2.31. The molecule has 2 unspecified atom stereocenters. The van der Waals surface area contributed by atoms with Gasteiger partial charge in [-0.25, -0.2) is 0 Å². The fraction of sp³-hybridized carbons (Fsp3) is 0.400. The molecular weight excluding hydrogens is 270 g/mol. The maximum Gasteiger partial charge on any atom is 0.0267 e. The van der Waals surface area contributed by atoms with E-state index in [4.69, 9.17) is 0 Å². The zero-order chi connectivity index (χ0) is 15.8. The Morgan fingerprint density at radius 1 is 0.727 bits per heavy atom. The van der Waals surface area contributed by atoms with Crippen LogP contribution in [0.2, 0.25) is 0 Å². The molecule has 2 atom stereocenters. The maximum absolute atomic E-state index is 10.2. The van der Waals surface area contributed by atoms with Gasteiger partial charge in [0.2, 0.25) is 0 Å². The van der Waals surface area contributed by atoms with Gasteiger partial charge in [0.15, 0.2) is 0 Å². The van der Waals surface area contributed by atoms with Gasteiger partial charge in [-0.15, -0.1) is 0 Å². The summed E-state index contributed by atoms with van der Waals surface area (Å²) in [5, 5.41) is 11.7. The van der Waals surface area contributed by atoms with E-state index in [9.17, 15) is 5.21 Å². The fourth-order valence-electron chi connectivity index (χ4n) is 2.96. The van der Waals surface area contributed by atoms with Crippen molar-refractivity contribution in [2.75, 3.05) is 13.1 Å². The summed E-state index contributed by atoms with van der Waals surface area (Å²) in [6.45, 7) is 5.82. The van der Waals surface area contributed by atoms with Gasteiger partial charge in [0, 0.05) is 13.1 Å². The molecule has 0 saturated heterocycles. The Balaban J connectivity index is 1.73. The topological polar surface area (TPSA) is 23.5 Å². The van der Waals surface area contributed by atoms with Gasteiger partial charge in [-0.05, 0) is 35.8 Å². The van der Waals surface area contributed by atoms with Gasteiger partial charge in [0.1, 0.15) is 0 Å². The summed E-state index contributed by atoms with van der Waals surface area (Å²) in [6.07, 6.45) is 2.01. The Bertz CT molecular complexity index is 476. The van der Waals surface area contributed by atoms with Crippen molar-refractivity contribution < 1.29 is 5.21 Å². The number of hydrogen-bond donors (Lipinski definition) is 1. The van der Waals surface area contributed by atoms with E-state index in [1.54, 1.807) is 0 Å². The van der Waals surface area contributed by atoms with E-state index in [-0.39, 0.29) is 0 Å². The van der Waals surface area contributed by atoms with Crippen LogP contribution in [-0.4, -0.2) is 23.4 Å². The van der Waals surface area contributed by atoms with Crippen molar-refractivity contribution in [2.45, 2.75) is 26.7 Å². The minimum atomic E-state index is 0.441. The average molecular weight is 297 g/mol. The molecule has 0 saturated carbocycles. The Morgan fingerprint density at radius 2 is 1.09 bits per heavy atom. The largest absolute Gasteiger partial charge is 0.314 e. The molecule has 2 heteroatoms. The van der Waals surface area contributed by atoms with Gasteiger partial charge in [0.25, 0.3) is 0 Å². The second-order valence-electron chi connectivity index (χ2n) is 6.46. The summed E-state index contributed by atoms with van der Waals surface area (Å²) >= 11 is 0. The molecular formula is C20H27NO. The van der Waals surface area contributed by atoms with E-state index in [2.05, 4.69) is 62.4 Å². The Kier molecular flexibility index (Phi) is 6.63. The summed E-state index contributed by atoms with van der Waals surface area (Å²) in [4.78, 5) is 0. The van der Waals surface area contributed by atoms with E-state index in [1.165, 1.54) is 16.2 Å². The maximum atomic E-state index is 10.2. The van der Waals surface area contributed by atoms with Crippen LogP contribution in [0, 0.1) is 11.8 Å². The minimum Gasteiger partial charge on any atom is -0.314 e. The molecule has 0 aliphatic rings. The predicted molar refractivity (Wildman–Crippen MR) is 92.0 cm³/mol. The third-order valence-corrected chi connectivity index (χ3v) is 3.90. The molecule has 1 N–H and O–H groups in total. The third kappa shape index (κ3) is 6.00. The highest BCUT2D eigenvalue weighted by Crippen LogP contribution is 2.12. The third-order valence-electron chi connectivity index (χ3n) is 3.90. The van der Waals surface area contributed by atoms with Crippen LogP contribution in [0.4, 0.5) is 0 Å². The number of nitrogens with zero attached hydrogens (tertiary/aromatic N) is 1. The van der Waals surface area contributed by atoms with E-state index in [0.717, 1.165) is 12.8 Å². The Morgan fingerprint density at radius 3 is 1.45 bits per heavy atom. The SMILES string of the molecule is CC(Cc1ccccc1)CN(O)CC(C)Cc1ccccc1. The van der Waals surface area contributed by atoms with Gasteiger partial charge in [-0.2, -0.15) is 5.06 Å². The van der Waals surface area contributed by atoms with E-state index < -0.39 is 0 Å². The van der Waals surface area contributed by atoms with Crippen LogP contribution in [0.1, 0.15) is 25.0 Å². The lowest BCUT2D eigenvalue weighted by Gasteiger charge is -2.23. The normalized spacial score (nSPS) is 14.0. The molecule has 2 rings (SSSR count). The molecule has 118 valence electrons. The first-order valence-corrected chi connectivity index (χ1v) is 8.15. The standard InChI is InChI=1S/C20H27NO/c1-17(13-19-9-5-3-6-10-19)15-21(22)16-18(2)14-20-11-7-4-8-12-20/h3-12,17-18,22H,13-16H2,1-2H3. The van der Waals surface area contributed by atoms with Crippen molar-refractivity contribution in [2.24, 2.45) is 11.8 Å². The molecule has 0 heterocycles. The molecule has 0 aromatic heterocycles. The molecule has 2 aromatic rings. The second kappa shape index (κ2) is 8.72. The predicted octanol–water partition coefficient (Wildman–Crippen LogP) is 4.44. The van der Waals surface area contributed by atoms with Gasteiger partial charge in [-0.3, -0.25) is 0 Å². The number of rotatable bonds is 8. The van der Waals surface area contributed by atoms with Crippen molar-refractivity contribution in [1.82, 2.24) is 5.06 Å². The van der Waals surface area contributed by atoms with E-state index in [0.29, 0.717) is 24.9 Å². The minimum absolute atomic E-state index is 0.441. The first-order chi connectivity index (χ1) is 10.6. The quantitative estimate of drug-likeness (QED) is 0.728. The molecule has 22 heavy (non-hydrogen) atoms. The van der Waals surface area contributed by atoms with E-state index >= 15 is 0 Å². The fourth-order valence-corrected chi connectivity index (χ4v) is 2.96. The van der Waals surface area contributed by atoms with Crippen molar-refractivity contribution in [3.63, 3.8) is 0 Å². The molecule has 0 aliphatic carbocycles. The summed E-state index contributed by atoms with van der Waals surface area (Å²) in [5.41, 5.74) is 2.67. The van der Waals surface area contributed by atoms with Gasteiger partial charge < -0.3 is 5.21 Å². The smallest absolute Gasteiger partial charge is 0.0267 e. The van der Waals surface area contributed by atoms with Crippen LogP contribution in [0.5, 0.6) is 0 Å². The Labute approximate surface area is 134 Å². The highest BCUT2D eigenvalue weighted by atomic mass is 16.5. The Hall–Kier alpha value is -1.64. The van der Waals surface area contributed by atoms with Crippen molar-refractivity contribution in [3.05, 3.63) is 71.8 Å². The van der Waals surface area contributed by atoms with Crippen LogP contribution in [-0.2, 0) is 12.8 Å². The molecule has 2 nitrogen and oxygen atoms in total. The molecule has 0 spiro atoms. The molecule has 0 fully saturated rings. The molecule has 2 aromatic carbocycles. The van der Waals surface area contributed by atoms with Crippen molar-refractivity contribution in [1.29, 1.82) is 0 Å². The van der Waals surface area contributed by atoms with Crippen LogP contribution in [0.3, 0.4) is 0 Å². The number of hydroxylamine groups is 2. The first-order valence-electron chi connectivity index (χ1n) is 8.15. The second-order valence-corrected chi connectivity index (χ2v) is 6.46. The number of benzene rings is 2. The van der Waals surface area contributed by atoms with Crippen molar-refractivity contribution in [3.8, 4) is 0 Å². The summed E-state index contributed by atoms with van der Waals surface area (Å²) in [7, 11) is 0. The lowest BCUT2D eigenvalue weighted by molar-refractivity contribution is -0.108. The highest BCUT2D eigenvalue weighted by Gasteiger charge is 2.12. The zero-order valence-electron chi connectivity index (χ0n) is 13.7. The summed E-state index contributed by atoms with van der Waals surface area (Å²) in [6, 6.07) is 21.0. The first kappa shape index (κ1) is 16.7. The monoisotopic (exact) mass is 297 g/mol. The van der Waals surface area contributed by atoms with Gasteiger partial charge in [0.05, 0.1) is 0 Å². The average Bonchev–Trinajstić information content (AvgIpc) is 2.48. The molecule has 0 bridgehead atoms. The van der Waals surface area contributed by atoms with Crippen LogP contribution >= 0.6 is 0 Å². The molecule has 0 aliphatic heterocycles. The van der Waals surface area contributed by atoms with Crippen LogP contribution in [0.15, 0.2) is 60.7 Å². The van der Waals surface area contributed by atoms with Gasteiger partial charge >= 0.3 is 0 Å². The van der Waals surface area contributed by atoms with E-state index in [1.807, 2.05) is 12.1 Å². The van der Waals surface area contributed by atoms with Crippen molar-refractivity contribution >= 4 is 0 Å². The summed E-state index contributed by atoms with van der Waals surface area (Å²) in [5.74, 6) is 0.882. The highest BCUT2D eigenvalue weighted by molar-refractivity contribution is 5.16. The van der Waals surface area contributed by atoms with Gasteiger partial charge in [-0.1, -0.05) is 74.5 Å². The van der Waals surface area contributed by atoms with Crippen LogP contribution in [0.25, 0.3) is 0 Å². The molecule has 0 radical (unpaired) electrons. The number of hydrogen-bond acceptors (Lipinski definition) is 2. The summed E-state index contributed by atoms with van der Waals surface area (Å²) < 4.78 is 0. The lowest BCUT2D eigenvalue weighted by atomic mass is 9.99. The molecule has 0 amide bonds. The van der Waals surface area contributed by atoms with Crippen LogP contribution < -0.4 is 0 Å². The zero-order valence-corrected chi connectivity index (χ0v) is 13.7.